The molecule has 0 saturated carbocycles. The van der Waals surface area contributed by atoms with Gasteiger partial charge in [0.15, 0.2) is 0 Å². The van der Waals surface area contributed by atoms with Gasteiger partial charge in [-0.15, -0.1) is 0 Å². The van der Waals surface area contributed by atoms with Gasteiger partial charge in [-0.05, 0) is 25.0 Å². The number of benzene rings is 1. The van der Waals surface area contributed by atoms with E-state index in [9.17, 15) is 10.1 Å². The van der Waals surface area contributed by atoms with Crippen molar-refractivity contribution in [2.24, 2.45) is 0 Å². The number of nitro groups is 1. The first-order chi connectivity index (χ1) is 10.2. The van der Waals surface area contributed by atoms with Crippen LogP contribution in [0.4, 0.5) is 11.4 Å². The van der Waals surface area contributed by atoms with Crippen molar-refractivity contribution in [1.82, 2.24) is 9.55 Å². The van der Waals surface area contributed by atoms with E-state index in [1.54, 1.807) is 12.5 Å². The van der Waals surface area contributed by atoms with Gasteiger partial charge >= 0.3 is 0 Å². The number of nitrogens with one attached hydrogen (secondary N) is 1. The average Bonchev–Trinajstić information content (AvgIpc) is 2.99. The Morgan fingerprint density at radius 1 is 1.43 bits per heavy atom. The molecular weight excluding hydrogens is 270 g/mol. The van der Waals surface area contributed by atoms with E-state index in [2.05, 4.69) is 10.3 Å². The number of unbranched alkanes of at least 4 members (excludes halogenated alkanes) is 1. The summed E-state index contributed by atoms with van der Waals surface area (Å²) in [5.74, 6) is 0. The van der Waals surface area contributed by atoms with Gasteiger partial charge in [0.1, 0.15) is 5.69 Å². The van der Waals surface area contributed by atoms with Crippen molar-refractivity contribution < 1.29 is 4.92 Å². The molecule has 0 spiro atoms. The Hall–Kier alpha value is -2.88. The number of nitro benzene ring substituents is 1. The van der Waals surface area contributed by atoms with Gasteiger partial charge in [0.05, 0.1) is 22.9 Å². The molecule has 0 aliphatic heterocycles. The highest BCUT2D eigenvalue weighted by molar-refractivity contribution is 5.64. The first-order valence-electron chi connectivity index (χ1n) is 6.59. The number of nitrogens with zero attached hydrogens (tertiary/aromatic N) is 4. The summed E-state index contributed by atoms with van der Waals surface area (Å²) in [5.41, 5.74) is 0.784. The van der Waals surface area contributed by atoms with Crippen LogP contribution in [-0.2, 0) is 6.54 Å². The molecule has 1 aromatic heterocycles. The number of nitriles is 1. The minimum atomic E-state index is -0.449. The lowest BCUT2D eigenvalue weighted by atomic mass is 10.2. The van der Waals surface area contributed by atoms with Gasteiger partial charge in [-0.1, -0.05) is 0 Å². The number of rotatable bonds is 7. The van der Waals surface area contributed by atoms with Crippen LogP contribution < -0.4 is 5.32 Å². The van der Waals surface area contributed by atoms with Gasteiger partial charge in [0, 0.05) is 31.5 Å². The number of hydrogen-bond acceptors (Lipinski definition) is 5. The van der Waals surface area contributed by atoms with Crippen molar-refractivity contribution in [2.45, 2.75) is 19.4 Å². The molecule has 0 aliphatic carbocycles. The molecule has 0 atom stereocenters. The summed E-state index contributed by atoms with van der Waals surface area (Å²) < 4.78 is 1.98. The lowest BCUT2D eigenvalue weighted by Gasteiger charge is -2.07. The molecule has 0 radical (unpaired) electrons. The van der Waals surface area contributed by atoms with E-state index in [1.165, 1.54) is 18.2 Å². The minimum Gasteiger partial charge on any atom is -0.379 e. The number of aryl methyl sites for hydroxylation is 1. The van der Waals surface area contributed by atoms with E-state index in [0.29, 0.717) is 17.8 Å². The SMILES string of the molecule is N#Cc1ccc([N+](=O)[O-])c(NCCCCn2ccnc2)c1. The summed E-state index contributed by atoms with van der Waals surface area (Å²) in [7, 11) is 0. The van der Waals surface area contributed by atoms with Crippen LogP contribution >= 0.6 is 0 Å². The second-order valence-corrected chi connectivity index (χ2v) is 4.54. The molecule has 21 heavy (non-hydrogen) atoms. The fourth-order valence-corrected chi connectivity index (χ4v) is 1.97. The Morgan fingerprint density at radius 3 is 2.95 bits per heavy atom. The molecule has 0 aliphatic rings. The lowest BCUT2D eigenvalue weighted by Crippen LogP contribution is -2.06. The molecule has 2 aromatic rings. The normalized spacial score (nSPS) is 10.0. The van der Waals surface area contributed by atoms with Gasteiger partial charge in [-0.3, -0.25) is 10.1 Å². The Bertz CT molecular complexity index is 646. The molecule has 0 bridgehead atoms. The molecule has 108 valence electrons. The topological polar surface area (TPSA) is 96.8 Å². The summed E-state index contributed by atoms with van der Waals surface area (Å²) in [6.07, 6.45) is 7.19. The Kier molecular flexibility index (Phi) is 4.88. The predicted octanol–water partition coefficient (Wildman–Crippen LogP) is 2.56. The largest absolute Gasteiger partial charge is 0.379 e. The molecule has 0 unspecified atom stereocenters. The lowest BCUT2D eigenvalue weighted by molar-refractivity contribution is -0.384. The summed E-state index contributed by atoms with van der Waals surface area (Å²) in [5, 5.41) is 22.8. The molecule has 1 heterocycles. The maximum absolute atomic E-state index is 10.9. The third-order valence-corrected chi connectivity index (χ3v) is 3.04. The highest BCUT2D eigenvalue weighted by Crippen LogP contribution is 2.25. The zero-order valence-corrected chi connectivity index (χ0v) is 11.4. The average molecular weight is 285 g/mol. The summed E-state index contributed by atoms with van der Waals surface area (Å²) in [4.78, 5) is 14.4. The van der Waals surface area contributed by atoms with E-state index >= 15 is 0 Å². The molecule has 1 aromatic carbocycles. The molecule has 0 saturated heterocycles. The van der Waals surface area contributed by atoms with Crippen LogP contribution in [0.1, 0.15) is 18.4 Å². The predicted molar refractivity (Wildman–Crippen MR) is 77.8 cm³/mol. The van der Waals surface area contributed by atoms with E-state index in [1.807, 2.05) is 16.8 Å². The number of imidazole rings is 1. The highest BCUT2D eigenvalue weighted by Gasteiger charge is 2.13. The van der Waals surface area contributed by atoms with Crippen molar-refractivity contribution in [3.8, 4) is 6.07 Å². The molecule has 1 N–H and O–H groups in total. The molecule has 0 amide bonds. The molecule has 2 rings (SSSR count). The van der Waals surface area contributed by atoms with Crippen LogP contribution in [-0.4, -0.2) is 21.0 Å². The van der Waals surface area contributed by atoms with Crippen LogP contribution in [0, 0.1) is 21.4 Å². The van der Waals surface area contributed by atoms with Gasteiger partial charge in [0.2, 0.25) is 0 Å². The Balaban J connectivity index is 1.87. The van der Waals surface area contributed by atoms with Crippen molar-refractivity contribution in [3.05, 3.63) is 52.6 Å². The second-order valence-electron chi connectivity index (χ2n) is 4.54. The van der Waals surface area contributed by atoms with Crippen LogP contribution in [0.5, 0.6) is 0 Å². The van der Waals surface area contributed by atoms with Crippen molar-refractivity contribution in [2.75, 3.05) is 11.9 Å². The monoisotopic (exact) mass is 285 g/mol. The maximum Gasteiger partial charge on any atom is 0.292 e. The fraction of sp³-hybridized carbons (Fsp3) is 0.286. The first kappa shape index (κ1) is 14.5. The maximum atomic E-state index is 10.9. The summed E-state index contributed by atoms with van der Waals surface area (Å²) >= 11 is 0. The number of aromatic nitrogens is 2. The van der Waals surface area contributed by atoms with E-state index < -0.39 is 4.92 Å². The Morgan fingerprint density at radius 2 is 2.29 bits per heavy atom. The number of anilines is 1. The zero-order chi connectivity index (χ0) is 15.1. The summed E-state index contributed by atoms with van der Waals surface area (Å²) in [6.45, 7) is 1.48. The zero-order valence-electron chi connectivity index (χ0n) is 11.4. The van der Waals surface area contributed by atoms with Crippen molar-refractivity contribution >= 4 is 11.4 Å². The highest BCUT2D eigenvalue weighted by atomic mass is 16.6. The van der Waals surface area contributed by atoms with Crippen molar-refractivity contribution in [1.29, 1.82) is 5.26 Å². The van der Waals surface area contributed by atoms with Gasteiger partial charge in [-0.2, -0.15) is 5.26 Å². The third kappa shape index (κ3) is 4.04. The molecular formula is C14H15N5O2. The van der Waals surface area contributed by atoms with E-state index in [4.69, 9.17) is 5.26 Å². The summed E-state index contributed by atoms with van der Waals surface area (Å²) in [6, 6.07) is 6.29. The molecule has 0 fully saturated rings. The minimum absolute atomic E-state index is 0.0105. The van der Waals surface area contributed by atoms with Gasteiger partial charge in [0.25, 0.3) is 5.69 Å². The smallest absolute Gasteiger partial charge is 0.292 e. The van der Waals surface area contributed by atoms with E-state index in [0.717, 1.165) is 19.4 Å². The second kappa shape index (κ2) is 7.05. The Labute approximate surface area is 122 Å². The standard InChI is InChI=1S/C14H15N5O2/c15-10-12-3-4-14(19(20)21)13(9-12)17-5-1-2-7-18-8-6-16-11-18/h3-4,6,8-9,11,17H,1-2,5,7H2. The van der Waals surface area contributed by atoms with Crippen LogP contribution in [0.2, 0.25) is 0 Å². The number of hydrogen-bond donors (Lipinski definition) is 1. The van der Waals surface area contributed by atoms with E-state index in [-0.39, 0.29) is 5.69 Å². The fourth-order valence-electron chi connectivity index (χ4n) is 1.97. The van der Waals surface area contributed by atoms with Crippen LogP contribution in [0.25, 0.3) is 0 Å². The molecule has 7 nitrogen and oxygen atoms in total. The van der Waals surface area contributed by atoms with Gasteiger partial charge in [-0.25, -0.2) is 4.98 Å². The van der Waals surface area contributed by atoms with Crippen LogP contribution in [0.3, 0.4) is 0 Å². The van der Waals surface area contributed by atoms with Crippen LogP contribution in [0.15, 0.2) is 36.9 Å². The van der Waals surface area contributed by atoms with Crippen molar-refractivity contribution in [3.63, 3.8) is 0 Å². The first-order valence-corrected chi connectivity index (χ1v) is 6.59. The van der Waals surface area contributed by atoms with Gasteiger partial charge < -0.3 is 9.88 Å². The quantitative estimate of drug-likeness (QED) is 0.479. The third-order valence-electron chi connectivity index (χ3n) is 3.04. The molecule has 7 heteroatoms.